The maximum absolute atomic E-state index is 3.90. The summed E-state index contributed by atoms with van der Waals surface area (Å²) in [5.74, 6) is 0. The van der Waals surface area contributed by atoms with E-state index < -0.39 is 0 Å². The Bertz CT molecular complexity index is 579. The molecule has 0 radical (unpaired) electrons. The summed E-state index contributed by atoms with van der Waals surface area (Å²) >= 11 is 0. The summed E-state index contributed by atoms with van der Waals surface area (Å²) < 4.78 is 0. The average molecular weight is 234 g/mol. The molecule has 0 saturated heterocycles. The van der Waals surface area contributed by atoms with Crippen molar-refractivity contribution < 1.29 is 0 Å². The molecule has 0 heteroatoms. The summed E-state index contributed by atoms with van der Waals surface area (Å²) in [6.45, 7) is 12.3. The van der Waals surface area contributed by atoms with Gasteiger partial charge in [0.2, 0.25) is 0 Å². The molecule has 0 aromatic heterocycles. The Morgan fingerprint density at radius 1 is 0.833 bits per heavy atom. The monoisotopic (exact) mass is 234 g/mol. The van der Waals surface area contributed by atoms with Crippen LogP contribution in [0.2, 0.25) is 0 Å². The molecule has 0 amide bonds. The number of benzene rings is 1. The number of allylic oxidation sites excluding steroid dienone is 4. The van der Waals surface area contributed by atoms with Crippen LogP contribution in [-0.4, -0.2) is 0 Å². The van der Waals surface area contributed by atoms with Crippen LogP contribution in [0, 0.1) is 13.8 Å². The van der Waals surface area contributed by atoms with E-state index in [4.69, 9.17) is 0 Å². The average Bonchev–Trinajstić information content (AvgIpc) is 3.00. The van der Waals surface area contributed by atoms with Crippen LogP contribution in [0.3, 0.4) is 0 Å². The first kappa shape index (κ1) is 11.3. The van der Waals surface area contributed by atoms with Crippen LogP contribution in [0.1, 0.15) is 33.4 Å². The molecule has 90 valence electrons. The van der Waals surface area contributed by atoms with Crippen molar-refractivity contribution in [3.63, 3.8) is 0 Å². The number of hydrogen-bond donors (Lipinski definition) is 0. The second kappa shape index (κ2) is 3.84. The van der Waals surface area contributed by atoms with E-state index in [0.29, 0.717) is 0 Å². The molecule has 0 bridgehead atoms. The second-order valence-electron chi connectivity index (χ2n) is 5.23. The largest absolute Gasteiger partial charge is 0.0988 e. The lowest BCUT2D eigenvalue weighted by Crippen LogP contribution is -2.00. The molecular formula is C18H18. The summed E-state index contributed by atoms with van der Waals surface area (Å²) in [7, 11) is 0. The molecule has 18 heavy (non-hydrogen) atoms. The standard InChI is InChI=1S/C18H18/c1-5-13-7-15-11(3)17-9-14(6-2)10-18(17)12(4)16(15)8-13/h5-7,10H,1-2,8-9H2,3-4H3. The Labute approximate surface area is 109 Å². The third kappa shape index (κ3) is 1.38. The zero-order valence-corrected chi connectivity index (χ0v) is 11.1. The van der Waals surface area contributed by atoms with Gasteiger partial charge in [0, 0.05) is 0 Å². The first-order valence-electron chi connectivity index (χ1n) is 6.46. The molecule has 0 saturated carbocycles. The fourth-order valence-corrected chi connectivity index (χ4v) is 3.17. The summed E-state index contributed by atoms with van der Waals surface area (Å²) in [5.41, 5.74) is 11.4. The van der Waals surface area contributed by atoms with Crippen molar-refractivity contribution in [2.75, 3.05) is 0 Å². The highest BCUT2D eigenvalue weighted by Gasteiger charge is 2.24. The van der Waals surface area contributed by atoms with Gasteiger partial charge in [0.15, 0.2) is 0 Å². The van der Waals surface area contributed by atoms with E-state index in [1.165, 1.54) is 44.5 Å². The molecule has 1 aromatic carbocycles. The van der Waals surface area contributed by atoms with Crippen molar-refractivity contribution in [1.82, 2.24) is 0 Å². The fourth-order valence-electron chi connectivity index (χ4n) is 3.17. The molecule has 0 N–H and O–H groups in total. The van der Waals surface area contributed by atoms with Crippen LogP contribution < -0.4 is 0 Å². The van der Waals surface area contributed by atoms with Crippen LogP contribution >= 0.6 is 0 Å². The minimum Gasteiger partial charge on any atom is -0.0988 e. The molecular weight excluding hydrogens is 216 g/mol. The normalized spacial score (nSPS) is 15.9. The number of hydrogen-bond acceptors (Lipinski definition) is 0. The van der Waals surface area contributed by atoms with Crippen LogP contribution in [0.25, 0.3) is 12.2 Å². The second-order valence-corrected chi connectivity index (χ2v) is 5.23. The van der Waals surface area contributed by atoms with Gasteiger partial charge in [-0.25, -0.2) is 0 Å². The quantitative estimate of drug-likeness (QED) is 0.704. The van der Waals surface area contributed by atoms with Gasteiger partial charge in [-0.15, -0.1) is 0 Å². The Balaban J connectivity index is 2.24. The molecule has 0 heterocycles. The lowest BCUT2D eigenvalue weighted by Gasteiger charge is -2.14. The van der Waals surface area contributed by atoms with Gasteiger partial charge >= 0.3 is 0 Å². The lowest BCUT2D eigenvalue weighted by atomic mass is 9.90. The van der Waals surface area contributed by atoms with Gasteiger partial charge in [-0.1, -0.05) is 37.5 Å². The van der Waals surface area contributed by atoms with E-state index in [1.54, 1.807) is 0 Å². The maximum atomic E-state index is 3.90. The third-order valence-corrected chi connectivity index (χ3v) is 4.31. The summed E-state index contributed by atoms with van der Waals surface area (Å²) in [6, 6.07) is 0. The predicted octanol–water partition coefficient (Wildman–Crippen LogP) is 4.55. The Kier molecular flexibility index (Phi) is 2.41. The van der Waals surface area contributed by atoms with Gasteiger partial charge in [0.1, 0.15) is 0 Å². The molecule has 1 aromatic rings. The van der Waals surface area contributed by atoms with Crippen molar-refractivity contribution in [3.8, 4) is 0 Å². The zero-order valence-electron chi connectivity index (χ0n) is 11.1. The van der Waals surface area contributed by atoms with E-state index in [9.17, 15) is 0 Å². The minimum absolute atomic E-state index is 1.04. The summed E-state index contributed by atoms with van der Waals surface area (Å²) in [6.07, 6.45) is 10.6. The van der Waals surface area contributed by atoms with Gasteiger partial charge < -0.3 is 0 Å². The number of fused-ring (bicyclic) bond motifs is 2. The third-order valence-electron chi connectivity index (χ3n) is 4.31. The molecule has 0 nitrogen and oxygen atoms in total. The highest BCUT2D eigenvalue weighted by Crippen LogP contribution is 2.40. The SMILES string of the molecule is C=CC1=Cc2c(C)c3c(c(C)c2C1)C=C(C=C)C3. The van der Waals surface area contributed by atoms with E-state index in [2.05, 4.69) is 39.2 Å². The van der Waals surface area contributed by atoms with Crippen LogP contribution in [0.4, 0.5) is 0 Å². The molecule has 2 aliphatic rings. The molecule has 0 atom stereocenters. The van der Waals surface area contributed by atoms with Crippen LogP contribution in [-0.2, 0) is 12.8 Å². The van der Waals surface area contributed by atoms with Gasteiger partial charge in [-0.05, 0) is 71.2 Å². The summed E-state index contributed by atoms with van der Waals surface area (Å²) in [4.78, 5) is 0. The maximum Gasteiger partial charge on any atom is -0.00169 e. The van der Waals surface area contributed by atoms with Crippen molar-refractivity contribution in [3.05, 3.63) is 69.8 Å². The molecule has 0 unspecified atom stereocenters. The van der Waals surface area contributed by atoms with E-state index >= 15 is 0 Å². The fraction of sp³-hybridized carbons (Fsp3) is 0.222. The Morgan fingerprint density at radius 3 is 1.56 bits per heavy atom. The zero-order chi connectivity index (χ0) is 12.9. The lowest BCUT2D eigenvalue weighted by molar-refractivity contribution is 1.13. The highest BCUT2D eigenvalue weighted by atomic mass is 14.3. The van der Waals surface area contributed by atoms with Gasteiger partial charge in [0.05, 0.1) is 0 Å². The van der Waals surface area contributed by atoms with Gasteiger partial charge in [-0.2, -0.15) is 0 Å². The Hall–Kier alpha value is -1.82. The first-order valence-corrected chi connectivity index (χ1v) is 6.46. The smallest absolute Gasteiger partial charge is 0.00169 e. The molecule has 2 aliphatic carbocycles. The van der Waals surface area contributed by atoms with Crippen molar-refractivity contribution in [2.45, 2.75) is 26.7 Å². The molecule has 0 spiro atoms. The van der Waals surface area contributed by atoms with E-state index in [-0.39, 0.29) is 0 Å². The predicted molar refractivity (Wildman–Crippen MR) is 79.7 cm³/mol. The van der Waals surface area contributed by atoms with Crippen LogP contribution in [0.5, 0.6) is 0 Å². The number of rotatable bonds is 2. The summed E-state index contributed by atoms with van der Waals surface area (Å²) in [5, 5.41) is 0. The molecule has 0 aliphatic heterocycles. The van der Waals surface area contributed by atoms with Gasteiger partial charge in [0.25, 0.3) is 0 Å². The van der Waals surface area contributed by atoms with Gasteiger partial charge in [-0.3, -0.25) is 0 Å². The highest BCUT2D eigenvalue weighted by molar-refractivity contribution is 5.79. The Morgan fingerprint density at radius 2 is 1.22 bits per heavy atom. The minimum atomic E-state index is 1.04. The van der Waals surface area contributed by atoms with Crippen molar-refractivity contribution >= 4 is 12.2 Å². The van der Waals surface area contributed by atoms with Crippen molar-refractivity contribution in [2.24, 2.45) is 0 Å². The van der Waals surface area contributed by atoms with Crippen molar-refractivity contribution in [1.29, 1.82) is 0 Å². The van der Waals surface area contributed by atoms with Crippen LogP contribution in [0.15, 0.2) is 36.5 Å². The van der Waals surface area contributed by atoms with E-state index in [0.717, 1.165) is 12.8 Å². The first-order chi connectivity index (χ1) is 8.65. The van der Waals surface area contributed by atoms with E-state index in [1.807, 2.05) is 12.2 Å². The molecule has 0 fully saturated rings. The molecule has 3 rings (SSSR count). The topological polar surface area (TPSA) is 0 Å².